The summed E-state index contributed by atoms with van der Waals surface area (Å²) in [6, 6.07) is 5.57. The molecular weight excluding hydrogens is 219 g/mol. The van der Waals surface area contributed by atoms with Crippen molar-refractivity contribution in [3.05, 3.63) is 29.8 Å². The van der Waals surface area contributed by atoms with Gasteiger partial charge in [-0.25, -0.2) is 4.79 Å². The summed E-state index contributed by atoms with van der Waals surface area (Å²) in [6.45, 7) is 0. The second-order valence-corrected chi connectivity index (χ2v) is 2.71. The number of rotatable bonds is 2. The average molecular weight is 226 g/mol. The Labute approximate surface area is 105 Å². The molecule has 14 heavy (non-hydrogen) atoms. The Kier molecular flexibility index (Phi) is 5.98. The second kappa shape index (κ2) is 6.15. The van der Waals surface area contributed by atoms with Crippen molar-refractivity contribution < 1.29 is 22.8 Å². The number of hydrogen-bond donors (Lipinski definition) is 2. The first-order chi connectivity index (χ1) is 6.11. The fourth-order valence-corrected chi connectivity index (χ4v) is 0.975. The van der Waals surface area contributed by atoms with Crippen LogP contribution in [0.2, 0.25) is 0 Å². The molecule has 0 bridgehead atoms. The Balaban J connectivity index is 0.00000169. The average Bonchev–Trinajstić information content (AvgIpc) is 2.03. The van der Waals surface area contributed by atoms with Gasteiger partial charge in [0.2, 0.25) is 0 Å². The van der Waals surface area contributed by atoms with E-state index in [2.05, 4.69) is 4.18 Å². The molecule has 0 aromatic heterocycles. The number of carbonyl (C=O) groups is 1. The van der Waals surface area contributed by atoms with E-state index in [9.17, 15) is 9.00 Å². The SMILES string of the molecule is O=C(OS(=O)O)c1ccccc1O.[NaH]. The summed E-state index contributed by atoms with van der Waals surface area (Å²) in [5.74, 6) is -1.34. The van der Waals surface area contributed by atoms with Crippen LogP contribution in [0.15, 0.2) is 24.3 Å². The van der Waals surface area contributed by atoms with Crippen LogP contribution in [-0.4, -0.2) is 49.4 Å². The molecule has 0 fully saturated rings. The fourth-order valence-electron chi connectivity index (χ4n) is 0.756. The zero-order chi connectivity index (χ0) is 9.84. The summed E-state index contributed by atoms with van der Waals surface area (Å²) in [6.07, 6.45) is 0. The first-order valence-corrected chi connectivity index (χ1v) is 4.26. The van der Waals surface area contributed by atoms with Crippen LogP contribution < -0.4 is 0 Å². The van der Waals surface area contributed by atoms with Crippen molar-refractivity contribution in [3.8, 4) is 5.75 Å². The zero-order valence-electron chi connectivity index (χ0n) is 6.34. The molecule has 0 saturated carbocycles. The molecule has 1 aromatic rings. The third-order valence-corrected chi connectivity index (χ3v) is 1.56. The molecule has 1 aromatic carbocycles. The minimum atomic E-state index is -2.67. The number of phenols is 1. The van der Waals surface area contributed by atoms with Gasteiger partial charge in [0.1, 0.15) is 11.3 Å². The van der Waals surface area contributed by atoms with E-state index >= 15 is 0 Å². The van der Waals surface area contributed by atoms with Gasteiger partial charge in [-0.15, -0.1) is 0 Å². The third-order valence-electron chi connectivity index (χ3n) is 1.27. The topological polar surface area (TPSA) is 83.8 Å². The van der Waals surface area contributed by atoms with E-state index in [0.29, 0.717) is 0 Å². The van der Waals surface area contributed by atoms with E-state index in [1.807, 2.05) is 0 Å². The Morgan fingerprint density at radius 2 is 1.93 bits per heavy atom. The van der Waals surface area contributed by atoms with E-state index in [-0.39, 0.29) is 40.9 Å². The van der Waals surface area contributed by atoms with Crippen LogP contribution in [0, 0.1) is 0 Å². The van der Waals surface area contributed by atoms with Crippen LogP contribution in [0.5, 0.6) is 5.75 Å². The van der Waals surface area contributed by atoms with Gasteiger partial charge in [-0.1, -0.05) is 12.1 Å². The van der Waals surface area contributed by atoms with E-state index in [1.165, 1.54) is 24.3 Å². The fraction of sp³-hybridized carbons (Fsp3) is 0. The molecule has 0 aliphatic carbocycles. The maximum atomic E-state index is 10.9. The number of hydrogen-bond acceptors (Lipinski definition) is 4. The normalized spacial score (nSPS) is 11.2. The van der Waals surface area contributed by atoms with Crippen molar-refractivity contribution in [2.45, 2.75) is 0 Å². The van der Waals surface area contributed by atoms with Crippen molar-refractivity contribution in [2.24, 2.45) is 0 Å². The van der Waals surface area contributed by atoms with Gasteiger partial charge >= 0.3 is 46.9 Å². The van der Waals surface area contributed by atoms with Gasteiger partial charge in [0.15, 0.2) is 0 Å². The molecule has 0 amide bonds. The molecule has 7 heteroatoms. The van der Waals surface area contributed by atoms with Crippen molar-refractivity contribution in [1.82, 2.24) is 0 Å². The standard InChI is InChI=1S/C7H6O5S.Na.H/c8-6-4-2-1-3-5(6)7(9)12-13(10)11;;/h1-4,8H,(H,10,11);;. The molecular formula is C7H7NaO5S. The van der Waals surface area contributed by atoms with Crippen molar-refractivity contribution >= 4 is 46.9 Å². The molecule has 72 valence electrons. The molecule has 1 rings (SSSR count). The monoisotopic (exact) mass is 226 g/mol. The van der Waals surface area contributed by atoms with Crippen LogP contribution in [0.4, 0.5) is 0 Å². The minimum absolute atomic E-state index is 0. The summed E-state index contributed by atoms with van der Waals surface area (Å²) >= 11 is -2.67. The Morgan fingerprint density at radius 3 is 2.43 bits per heavy atom. The molecule has 0 spiro atoms. The summed E-state index contributed by atoms with van der Waals surface area (Å²) in [5, 5.41) is 9.11. The van der Waals surface area contributed by atoms with Crippen LogP contribution in [0.3, 0.4) is 0 Å². The Hall–Kier alpha value is -0.400. The summed E-state index contributed by atoms with van der Waals surface area (Å²) in [5.41, 5.74) is -0.148. The second-order valence-electron chi connectivity index (χ2n) is 2.11. The van der Waals surface area contributed by atoms with Crippen molar-refractivity contribution in [3.63, 3.8) is 0 Å². The quantitative estimate of drug-likeness (QED) is 0.549. The zero-order valence-corrected chi connectivity index (χ0v) is 7.15. The van der Waals surface area contributed by atoms with Gasteiger partial charge in [-0.2, -0.15) is 4.21 Å². The van der Waals surface area contributed by atoms with Gasteiger partial charge < -0.3 is 9.29 Å². The van der Waals surface area contributed by atoms with Gasteiger partial charge in [0, 0.05) is 0 Å². The first kappa shape index (κ1) is 13.6. The van der Waals surface area contributed by atoms with E-state index < -0.39 is 17.3 Å². The molecule has 0 aliphatic heterocycles. The molecule has 1 unspecified atom stereocenters. The number of aromatic hydroxyl groups is 1. The predicted octanol–water partition coefficient (Wildman–Crippen LogP) is 0.0372. The van der Waals surface area contributed by atoms with Crippen molar-refractivity contribution in [2.75, 3.05) is 0 Å². The molecule has 2 N–H and O–H groups in total. The third kappa shape index (κ3) is 3.77. The summed E-state index contributed by atoms with van der Waals surface area (Å²) in [4.78, 5) is 10.9. The van der Waals surface area contributed by atoms with Gasteiger partial charge in [0.05, 0.1) is 0 Å². The number of benzene rings is 1. The number of carbonyl (C=O) groups excluding carboxylic acids is 1. The first-order valence-electron chi connectivity index (χ1n) is 3.23. The van der Waals surface area contributed by atoms with Crippen LogP contribution >= 0.6 is 0 Å². The van der Waals surface area contributed by atoms with E-state index in [0.717, 1.165) is 0 Å². The molecule has 5 nitrogen and oxygen atoms in total. The maximum absolute atomic E-state index is 10.9. The Bertz CT molecular complexity index is 354. The summed E-state index contributed by atoms with van der Waals surface area (Å²) in [7, 11) is 0. The number of para-hydroxylation sites is 1. The molecule has 0 radical (unpaired) electrons. The van der Waals surface area contributed by atoms with E-state index in [4.69, 9.17) is 9.66 Å². The van der Waals surface area contributed by atoms with Crippen LogP contribution in [0.1, 0.15) is 10.4 Å². The Morgan fingerprint density at radius 1 is 1.36 bits per heavy atom. The van der Waals surface area contributed by atoms with Crippen molar-refractivity contribution in [1.29, 1.82) is 0 Å². The molecule has 0 saturated heterocycles. The molecule has 0 heterocycles. The van der Waals surface area contributed by atoms with Crippen LogP contribution in [-0.2, 0) is 15.5 Å². The summed E-state index contributed by atoms with van der Waals surface area (Å²) < 4.78 is 22.2. The van der Waals surface area contributed by atoms with Gasteiger partial charge in [0.25, 0.3) is 0 Å². The molecule has 0 aliphatic rings. The predicted molar refractivity (Wildman–Crippen MR) is 51.4 cm³/mol. The van der Waals surface area contributed by atoms with Gasteiger partial charge in [-0.05, 0) is 12.1 Å². The molecule has 1 atom stereocenters. The van der Waals surface area contributed by atoms with Gasteiger partial charge in [-0.3, -0.25) is 4.55 Å². The number of phenolic OH excluding ortho intramolecular Hbond substituents is 1. The van der Waals surface area contributed by atoms with Crippen LogP contribution in [0.25, 0.3) is 0 Å². The van der Waals surface area contributed by atoms with E-state index in [1.54, 1.807) is 0 Å².